The Morgan fingerprint density at radius 1 is 1.13 bits per heavy atom. The fraction of sp³-hybridized carbons (Fsp3) is 0.222. The molecular weight excluding hydrogens is 356 g/mol. The molecule has 0 bridgehead atoms. The molecule has 2 aromatic carbocycles. The topological polar surface area (TPSA) is 49.4 Å². The summed E-state index contributed by atoms with van der Waals surface area (Å²) in [6, 6.07) is 14.5. The summed E-state index contributed by atoms with van der Waals surface area (Å²) in [4.78, 5) is 26.7. The molecular formula is C18H17BrN2O2. The highest BCUT2D eigenvalue weighted by molar-refractivity contribution is 9.10. The summed E-state index contributed by atoms with van der Waals surface area (Å²) in [5, 5.41) is 2.78. The maximum absolute atomic E-state index is 12.7. The van der Waals surface area contributed by atoms with E-state index in [1.165, 1.54) is 5.56 Å². The molecule has 3 rings (SSSR count). The first-order valence-corrected chi connectivity index (χ1v) is 8.32. The van der Waals surface area contributed by atoms with Crippen LogP contribution in [0.3, 0.4) is 0 Å². The summed E-state index contributed by atoms with van der Waals surface area (Å²) < 4.78 is 0.712. The van der Waals surface area contributed by atoms with Gasteiger partial charge >= 0.3 is 0 Å². The highest BCUT2D eigenvalue weighted by atomic mass is 79.9. The van der Waals surface area contributed by atoms with Gasteiger partial charge in [-0.15, -0.1) is 0 Å². The van der Waals surface area contributed by atoms with Crippen LogP contribution in [0.2, 0.25) is 0 Å². The predicted octanol–water partition coefficient (Wildman–Crippen LogP) is 3.16. The summed E-state index contributed by atoms with van der Waals surface area (Å²) in [6.07, 6.45) is 0.854. The van der Waals surface area contributed by atoms with Crippen molar-refractivity contribution in [2.24, 2.45) is 0 Å². The van der Waals surface area contributed by atoms with E-state index in [4.69, 9.17) is 0 Å². The molecule has 0 saturated carbocycles. The summed E-state index contributed by atoms with van der Waals surface area (Å²) in [7, 11) is 0. The molecule has 0 saturated heterocycles. The molecule has 0 aliphatic carbocycles. The minimum Gasteiger partial charge on any atom is -0.340 e. The SMILES string of the molecule is C[C@@H](NC(=O)c1ccccc1Br)C(=O)N1CCc2ccccc21. The van der Waals surface area contributed by atoms with Crippen molar-refractivity contribution in [1.29, 1.82) is 0 Å². The van der Waals surface area contributed by atoms with Gasteiger partial charge in [0.2, 0.25) is 5.91 Å². The Hall–Kier alpha value is -2.14. The number of carbonyl (C=O) groups is 2. The van der Waals surface area contributed by atoms with E-state index in [9.17, 15) is 9.59 Å². The molecule has 0 aromatic heterocycles. The normalized spacial score (nSPS) is 14.3. The van der Waals surface area contributed by atoms with Crippen LogP contribution in [0.1, 0.15) is 22.8 Å². The lowest BCUT2D eigenvalue weighted by molar-refractivity contribution is -0.119. The number of halogens is 1. The van der Waals surface area contributed by atoms with Gasteiger partial charge in [0.15, 0.2) is 0 Å². The van der Waals surface area contributed by atoms with Crippen molar-refractivity contribution in [2.45, 2.75) is 19.4 Å². The summed E-state index contributed by atoms with van der Waals surface area (Å²) in [6.45, 7) is 2.38. The third-order valence-electron chi connectivity index (χ3n) is 3.99. The number of amides is 2. The number of nitrogens with one attached hydrogen (secondary N) is 1. The first-order valence-electron chi connectivity index (χ1n) is 7.52. The molecule has 1 heterocycles. The molecule has 1 aliphatic heterocycles. The van der Waals surface area contributed by atoms with E-state index in [1.54, 1.807) is 30.0 Å². The molecule has 23 heavy (non-hydrogen) atoms. The van der Waals surface area contributed by atoms with Crippen molar-refractivity contribution < 1.29 is 9.59 Å². The van der Waals surface area contributed by atoms with E-state index < -0.39 is 6.04 Å². The predicted molar refractivity (Wildman–Crippen MR) is 93.6 cm³/mol. The minimum absolute atomic E-state index is 0.0876. The second-order valence-corrected chi connectivity index (χ2v) is 6.40. The number of nitrogens with zero attached hydrogens (tertiary/aromatic N) is 1. The monoisotopic (exact) mass is 372 g/mol. The number of anilines is 1. The Labute approximate surface area is 143 Å². The lowest BCUT2D eigenvalue weighted by atomic mass is 10.1. The maximum Gasteiger partial charge on any atom is 0.253 e. The largest absolute Gasteiger partial charge is 0.340 e. The summed E-state index contributed by atoms with van der Waals surface area (Å²) >= 11 is 3.36. The van der Waals surface area contributed by atoms with Crippen LogP contribution < -0.4 is 10.2 Å². The standard InChI is InChI=1S/C18H17BrN2O2/c1-12(20-17(22)14-7-3-4-8-15(14)19)18(23)21-11-10-13-6-2-5-9-16(13)21/h2-9,12H,10-11H2,1H3,(H,20,22)/t12-/m1/s1. The molecule has 118 valence electrons. The van der Waals surface area contributed by atoms with Crippen molar-refractivity contribution in [1.82, 2.24) is 5.32 Å². The van der Waals surface area contributed by atoms with Crippen LogP contribution >= 0.6 is 15.9 Å². The van der Waals surface area contributed by atoms with Crippen LogP contribution in [0.25, 0.3) is 0 Å². The van der Waals surface area contributed by atoms with Gasteiger partial charge in [-0.05, 0) is 53.0 Å². The van der Waals surface area contributed by atoms with Crippen molar-refractivity contribution in [3.05, 3.63) is 64.1 Å². The van der Waals surface area contributed by atoms with E-state index in [2.05, 4.69) is 21.2 Å². The van der Waals surface area contributed by atoms with Gasteiger partial charge in [-0.3, -0.25) is 9.59 Å². The van der Waals surface area contributed by atoms with Crippen LogP contribution in [-0.2, 0) is 11.2 Å². The number of fused-ring (bicyclic) bond motifs is 1. The van der Waals surface area contributed by atoms with Gasteiger partial charge in [0.25, 0.3) is 5.91 Å². The van der Waals surface area contributed by atoms with Crippen LogP contribution in [0.15, 0.2) is 53.0 Å². The Morgan fingerprint density at radius 2 is 1.83 bits per heavy atom. The van der Waals surface area contributed by atoms with Crippen LogP contribution in [0.5, 0.6) is 0 Å². The molecule has 1 atom stereocenters. The van der Waals surface area contributed by atoms with E-state index >= 15 is 0 Å². The third-order valence-corrected chi connectivity index (χ3v) is 4.68. The number of hydrogen-bond acceptors (Lipinski definition) is 2. The van der Waals surface area contributed by atoms with Crippen LogP contribution in [-0.4, -0.2) is 24.4 Å². The molecule has 0 spiro atoms. The van der Waals surface area contributed by atoms with Crippen LogP contribution in [0.4, 0.5) is 5.69 Å². The van der Waals surface area contributed by atoms with Gasteiger partial charge in [0, 0.05) is 16.7 Å². The molecule has 5 heteroatoms. The van der Waals surface area contributed by atoms with E-state index in [-0.39, 0.29) is 11.8 Å². The molecule has 1 N–H and O–H groups in total. The van der Waals surface area contributed by atoms with Gasteiger partial charge in [0.05, 0.1) is 5.56 Å². The molecule has 1 aliphatic rings. The Morgan fingerprint density at radius 3 is 2.61 bits per heavy atom. The molecule has 4 nitrogen and oxygen atoms in total. The molecule has 2 aromatic rings. The van der Waals surface area contributed by atoms with Gasteiger partial charge in [-0.2, -0.15) is 0 Å². The lowest BCUT2D eigenvalue weighted by Gasteiger charge is -2.22. The Kier molecular flexibility index (Phi) is 4.48. The molecule has 0 fully saturated rings. The zero-order chi connectivity index (χ0) is 16.4. The quantitative estimate of drug-likeness (QED) is 0.899. The molecule has 0 radical (unpaired) electrons. The van der Waals surface area contributed by atoms with Gasteiger partial charge in [-0.1, -0.05) is 30.3 Å². The van der Waals surface area contributed by atoms with Gasteiger partial charge < -0.3 is 10.2 Å². The second-order valence-electron chi connectivity index (χ2n) is 5.54. The van der Waals surface area contributed by atoms with Crippen molar-refractivity contribution >= 4 is 33.4 Å². The van der Waals surface area contributed by atoms with E-state index in [1.807, 2.05) is 30.3 Å². The average molecular weight is 373 g/mol. The van der Waals surface area contributed by atoms with E-state index in [0.717, 1.165) is 12.1 Å². The fourth-order valence-corrected chi connectivity index (χ4v) is 3.25. The van der Waals surface area contributed by atoms with Gasteiger partial charge in [0.1, 0.15) is 6.04 Å². The lowest BCUT2D eigenvalue weighted by Crippen LogP contribution is -2.46. The Bertz CT molecular complexity index is 760. The smallest absolute Gasteiger partial charge is 0.253 e. The van der Waals surface area contributed by atoms with Crippen molar-refractivity contribution in [2.75, 3.05) is 11.4 Å². The summed E-state index contributed by atoms with van der Waals surface area (Å²) in [5.74, 6) is -0.346. The second kappa shape index (κ2) is 6.54. The zero-order valence-corrected chi connectivity index (χ0v) is 14.3. The number of para-hydroxylation sites is 1. The number of carbonyl (C=O) groups excluding carboxylic acids is 2. The number of hydrogen-bond donors (Lipinski definition) is 1. The third kappa shape index (κ3) is 3.15. The number of rotatable bonds is 3. The summed E-state index contributed by atoms with van der Waals surface area (Å²) in [5.41, 5.74) is 2.64. The first kappa shape index (κ1) is 15.7. The highest BCUT2D eigenvalue weighted by Crippen LogP contribution is 2.28. The highest BCUT2D eigenvalue weighted by Gasteiger charge is 2.28. The molecule has 2 amide bonds. The van der Waals surface area contributed by atoms with Crippen LogP contribution in [0, 0.1) is 0 Å². The van der Waals surface area contributed by atoms with E-state index in [0.29, 0.717) is 16.6 Å². The maximum atomic E-state index is 12.7. The van der Waals surface area contributed by atoms with Gasteiger partial charge in [-0.25, -0.2) is 0 Å². The zero-order valence-electron chi connectivity index (χ0n) is 12.8. The van der Waals surface area contributed by atoms with Crippen molar-refractivity contribution in [3.63, 3.8) is 0 Å². The minimum atomic E-state index is -0.583. The first-order chi connectivity index (χ1) is 11.1. The Balaban J connectivity index is 1.72. The average Bonchev–Trinajstić information content (AvgIpc) is 2.98. The van der Waals surface area contributed by atoms with Crippen molar-refractivity contribution in [3.8, 4) is 0 Å². The number of benzene rings is 2. The fourth-order valence-electron chi connectivity index (χ4n) is 2.78. The molecule has 0 unspecified atom stereocenters.